The monoisotopic (exact) mass is 373 g/mol. The summed E-state index contributed by atoms with van der Waals surface area (Å²) in [5, 5.41) is 11.8. The smallest absolute Gasteiger partial charge is 0.276 e. The van der Waals surface area contributed by atoms with Gasteiger partial charge in [0.1, 0.15) is 0 Å². The van der Waals surface area contributed by atoms with Gasteiger partial charge < -0.3 is 15.0 Å². The normalized spacial score (nSPS) is 25.4. The Hall–Kier alpha value is -1.73. The fourth-order valence-corrected chi connectivity index (χ4v) is 4.48. The number of aryl methyl sites for hydroxylation is 1. The summed E-state index contributed by atoms with van der Waals surface area (Å²) in [6.07, 6.45) is 11.6. The molecule has 148 valence electrons. The molecule has 1 unspecified atom stereocenters. The van der Waals surface area contributed by atoms with Crippen LogP contribution in [0.15, 0.2) is 17.8 Å². The van der Waals surface area contributed by atoms with Crippen LogP contribution in [0.3, 0.4) is 0 Å². The van der Waals surface area contributed by atoms with Gasteiger partial charge in [0.15, 0.2) is 5.69 Å². The molecule has 0 saturated carbocycles. The second-order valence-electron chi connectivity index (χ2n) is 8.25. The molecule has 1 N–H and O–H groups in total. The van der Waals surface area contributed by atoms with Crippen LogP contribution in [0.2, 0.25) is 0 Å². The summed E-state index contributed by atoms with van der Waals surface area (Å²) < 4.78 is 7.86. The molecule has 3 aliphatic heterocycles. The zero-order valence-electron chi connectivity index (χ0n) is 16.3. The third-order valence-corrected chi connectivity index (χ3v) is 6.17. The van der Waals surface area contributed by atoms with Crippen molar-refractivity contribution in [2.24, 2.45) is 0 Å². The molecule has 0 radical (unpaired) electrons. The maximum atomic E-state index is 12.8. The lowest BCUT2D eigenvalue weighted by Gasteiger charge is -2.41. The molecule has 3 aliphatic rings. The van der Waals surface area contributed by atoms with Crippen molar-refractivity contribution in [1.29, 1.82) is 0 Å². The second kappa shape index (κ2) is 8.10. The maximum absolute atomic E-state index is 12.8. The molecule has 1 aromatic heterocycles. The number of hydrogen-bond donors (Lipinski definition) is 1. The number of rotatable bonds is 4. The van der Waals surface area contributed by atoms with E-state index in [2.05, 4.69) is 28.6 Å². The molecule has 1 spiro atoms. The van der Waals surface area contributed by atoms with E-state index >= 15 is 0 Å². The number of aromatic nitrogens is 3. The van der Waals surface area contributed by atoms with E-state index in [1.807, 2.05) is 9.58 Å². The largest absolute Gasteiger partial charge is 0.370 e. The lowest BCUT2D eigenvalue weighted by Crippen LogP contribution is -2.48. The minimum atomic E-state index is -0.163. The number of carbonyl (C=O) groups excluding carboxylic acids is 1. The van der Waals surface area contributed by atoms with Crippen LogP contribution in [0.4, 0.5) is 0 Å². The van der Waals surface area contributed by atoms with E-state index in [4.69, 9.17) is 4.74 Å². The molecule has 7 nitrogen and oxygen atoms in total. The second-order valence-corrected chi connectivity index (χ2v) is 8.25. The molecule has 1 amide bonds. The first-order chi connectivity index (χ1) is 13.1. The molecular weight excluding hydrogens is 342 g/mol. The third kappa shape index (κ3) is 4.41. The van der Waals surface area contributed by atoms with Crippen LogP contribution in [0.1, 0.15) is 62.4 Å². The fourth-order valence-electron chi connectivity index (χ4n) is 4.48. The summed E-state index contributed by atoms with van der Waals surface area (Å²) in [5.41, 5.74) is 1.69. The number of amides is 1. The predicted molar refractivity (Wildman–Crippen MR) is 102 cm³/mol. The topological polar surface area (TPSA) is 72.3 Å². The quantitative estimate of drug-likeness (QED) is 0.819. The van der Waals surface area contributed by atoms with E-state index in [1.54, 1.807) is 6.20 Å². The molecule has 2 fully saturated rings. The number of ether oxygens (including phenoxy) is 1. The van der Waals surface area contributed by atoms with Crippen LogP contribution in [0.5, 0.6) is 0 Å². The Balaban J connectivity index is 1.30. The Morgan fingerprint density at radius 1 is 1.37 bits per heavy atom. The summed E-state index contributed by atoms with van der Waals surface area (Å²) in [4.78, 5) is 14.7. The molecule has 1 aromatic rings. The Morgan fingerprint density at radius 2 is 2.22 bits per heavy atom. The van der Waals surface area contributed by atoms with E-state index < -0.39 is 0 Å². The standard InChI is InChI=1S/C20H31N5O2/c1-16-6-13-27-20(14-16)7-11-24(12-8-20)19(26)18-15-25(23-22-18)10-5-17-4-2-3-9-21-17/h14-15,17,21H,2-13H2,1H3. The van der Waals surface area contributed by atoms with Gasteiger partial charge in [0, 0.05) is 25.7 Å². The van der Waals surface area contributed by atoms with Gasteiger partial charge in [-0.05, 0) is 52.0 Å². The van der Waals surface area contributed by atoms with Crippen LogP contribution in [0, 0.1) is 0 Å². The minimum Gasteiger partial charge on any atom is -0.370 e. The van der Waals surface area contributed by atoms with Gasteiger partial charge in [-0.15, -0.1) is 5.10 Å². The van der Waals surface area contributed by atoms with Gasteiger partial charge in [0.2, 0.25) is 0 Å². The van der Waals surface area contributed by atoms with Gasteiger partial charge >= 0.3 is 0 Å². The molecule has 0 bridgehead atoms. The van der Waals surface area contributed by atoms with Crippen molar-refractivity contribution in [3.63, 3.8) is 0 Å². The molecular formula is C20H31N5O2. The molecule has 2 saturated heterocycles. The predicted octanol–water partition coefficient (Wildman–Crippen LogP) is 2.15. The number of piperidine rings is 2. The number of likely N-dealkylation sites (tertiary alicyclic amines) is 1. The highest BCUT2D eigenvalue weighted by atomic mass is 16.5. The molecule has 4 heterocycles. The molecule has 4 rings (SSSR count). The SMILES string of the molecule is CC1=CC2(CCN(C(=O)c3cn(CCC4CCCCN4)nn3)CC2)OCC1. The van der Waals surface area contributed by atoms with Crippen LogP contribution in [-0.2, 0) is 11.3 Å². The highest BCUT2D eigenvalue weighted by Crippen LogP contribution is 2.33. The van der Waals surface area contributed by atoms with Gasteiger partial charge in [0.05, 0.1) is 18.4 Å². The van der Waals surface area contributed by atoms with Crippen molar-refractivity contribution in [1.82, 2.24) is 25.2 Å². The van der Waals surface area contributed by atoms with Gasteiger partial charge in [0.25, 0.3) is 5.91 Å². The first-order valence-electron chi connectivity index (χ1n) is 10.4. The van der Waals surface area contributed by atoms with Crippen LogP contribution in [-0.4, -0.2) is 63.7 Å². The van der Waals surface area contributed by atoms with Crippen molar-refractivity contribution in [2.45, 2.75) is 70.1 Å². The summed E-state index contributed by atoms with van der Waals surface area (Å²) >= 11 is 0. The Morgan fingerprint density at radius 3 is 2.96 bits per heavy atom. The Kier molecular flexibility index (Phi) is 5.59. The zero-order chi connectivity index (χ0) is 18.7. The van der Waals surface area contributed by atoms with Crippen LogP contribution >= 0.6 is 0 Å². The van der Waals surface area contributed by atoms with Crippen molar-refractivity contribution in [3.8, 4) is 0 Å². The first-order valence-corrected chi connectivity index (χ1v) is 10.4. The molecule has 7 heteroatoms. The van der Waals surface area contributed by atoms with Crippen LogP contribution < -0.4 is 5.32 Å². The third-order valence-electron chi connectivity index (χ3n) is 6.17. The highest BCUT2D eigenvalue weighted by molar-refractivity contribution is 5.92. The van der Waals surface area contributed by atoms with Crippen molar-refractivity contribution >= 4 is 5.91 Å². The van der Waals surface area contributed by atoms with E-state index in [9.17, 15) is 4.79 Å². The van der Waals surface area contributed by atoms with Gasteiger partial charge in [-0.2, -0.15) is 0 Å². The lowest BCUT2D eigenvalue weighted by molar-refractivity contribution is -0.0522. The van der Waals surface area contributed by atoms with Gasteiger partial charge in [-0.3, -0.25) is 9.48 Å². The molecule has 27 heavy (non-hydrogen) atoms. The Labute approximate surface area is 161 Å². The number of nitrogens with zero attached hydrogens (tertiary/aromatic N) is 4. The lowest BCUT2D eigenvalue weighted by atomic mass is 9.87. The molecule has 0 aliphatic carbocycles. The molecule has 1 atom stereocenters. The minimum absolute atomic E-state index is 0.0107. The first kappa shape index (κ1) is 18.6. The summed E-state index contributed by atoms with van der Waals surface area (Å²) in [6, 6.07) is 0.562. The highest BCUT2D eigenvalue weighted by Gasteiger charge is 2.37. The number of nitrogens with one attached hydrogen (secondary N) is 1. The van der Waals surface area contributed by atoms with E-state index in [-0.39, 0.29) is 11.5 Å². The van der Waals surface area contributed by atoms with Crippen molar-refractivity contribution in [3.05, 3.63) is 23.5 Å². The van der Waals surface area contributed by atoms with E-state index in [0.717, 1.165) is 45.4 Å². The Bertz CT molecular complexity index is 684. The summed E-state index contributed by atoms with van der Waals surface area (Å²) in [7, 11) is 0. The van der Waals surface area contributed by atoms with Crippen LogP contribution in [0.25, 0.3) is 0 Å². The number of carbonyl (C=O) groups is 1. The van der Waals surface area contributed by atoms with Gasteiger partial charge in [-0.1, -0.05) is 23.3 Å². The summed E-state index contributed by atoms with van der Waals surface area (Å²) in [5.74, 6) is -0.0107. The van der Waals surface area contributed by atoms with Gasteiger partial charge in [-0.25, -0.2) is 0 Å². The van der Waals surface area contributed by atoms with E-state index in [1.165, 1.54) is 24.8 Å². The van der Waals surface area contributed by atoms with Crippen molar-refractivity contribution in [2.75, 3.05) is 26.2 Å². The maximum Gasteiger partial charge on any atom is 0.276 e. The average molecular weight is 374 g/mol. The van der Waals surface area contributed by atoms with E-state index in [0.29, 0.717) is 24.8 Å². The summed E-state index contributed by atoms with van der Waals surface area (Å²) in [6.45, 7) is 6.30. The zero-order valence-corrected chi connectivity index (χ0v) is 16.3. The van der Waals surface area contributed by atoms with Crippen molar-refractivity contribution < 1.29 is 9.53 Å². The molecule has 0 aromatic carbocycles. The average Bonchev–Trinajstić information content (AvgIpc) is 3.16. The number of hydrogen-bond acceptors (Lipinski definition) is 5. The fraction of sp³-hybridized carbons (Fsp3) is 0.750.